The van der Waals surface area contributed by atoms with Crippen LogP contribution in [0.1, 0.15) is 68.8 Å². The number of amides is 1. The van der Waals surface area contributed by atoms with Crippen molar-refractivity contribution in [3.05, 3.63) is 11.6 Å². The van der Waals surface area contributed by atoms with E-state index in [0.29, 0.717) is 6.04 Å². The highest BCUT2D eigenvalue weighted by Crippen LogP contribution is 2.27. The van der Waals surface area contributed by atoms with Crippen LogP contribution in [-0.2, 0) is 6.42 Å². The molecule has 0 radical (unpaired) electrons. The molecule has 1 saturated carbocycles. The predicted octanol–water partition coefficient (Wildman–Crippen LogP) is 2.46. The maximum atomic E-state index is 12.0. The predicted molar refractivity (Wildman–Crippen MR) is 73.9 cm³/mol. The smallest absolute Gasteiger partial charge is 0.291 e. The molecule has 1 aromatic heterocycles. The van der Waals surface area contributed by atoms with Crippen molar-refractivity contribution in [1.29, 1.82) is 0 Å². The average Bonchev–Trinajstić information content (AvgIpc) is 2.90. The van der Waals surface area contributed by atoms with E-state index in [1.165, 1.54) is 25.7 Å². The summed E-state index contributed by atoms with van der Waals surface area (Å²) in [5.74, 6) is 1.74. The summed E-state index contributed by atoms with van der Waals surface area (Å²) in [7, 11) is 0. The minimum atomic E-state index is -0.144. The van der Waals surface area contributed by atoms with Gasteiger partial charge in [-0.1, -0.05) is 26.7 Å². The van der Waals surface area contributed by atoms with E-state index >= 15 is 0 Å². The van der Waals surface area contributed by atoms with Gasteiger partial charge in [0.15, 0.2) is 0 Å². The largest absolute Gasteiger partial charge is 0.347 e. The van der Waals surface area contributed by atoms with Crippen molar-refractivity contribution in [1.82, 2.24) is 20.5 Å². The summed E-state index contributed by atoms with van der Waals surface area (Å²) in [6.45, 7) is 4.22. The topological polar surface area (TPSA) is 70.7 Å². The molecule has 0 aromatic carbocycles. The molecule has 19 heavy (non-hydrogen) atoms. The van der Waals surface area contributed by atoms with Gasteiger partial charge in [0.05, 0.1) is 0 Å². The summed E-state index contributed by atoms with van der Waals surface area (Å²) in [5, 5.41) is 9.78. The first-order chi connectivity index (χ1) is 9.22. The number of rotatable bonds is 5. The molecular weight excluding hydrogens is 240 g/mol. The third-order valence-electron chi connectivity index (χ3n) is 3.95. The number of carbonyl (C=O) groups excluding carboxylic acids is 1. The number of hydrogen-bond donors (Lipinski definition) is 2. The number of nitrogens with zero attached hydrogens (tertiary/aromatic N) is 2. The highest BCUT2D eigenvalue weighted by molar-refractivity contribution is 5.90. The van der Waals surface area contributed by atoms with Crippen LogP contribution < -0.4 is 5.32 Å². The van der Waals surface area contributed by atoms with Crippen molar-refractivity contribution in [2.45, 2.75) is 64.8 Å². The minimum Gasteiger partial charge on any atom is -0.347 e. The number of H-pyrrole nitrogens is 1. The Bertz CT molecular complexity index is 407. The third kappa shape index (κ3) is 3.78. The zero-order valence-corrected chi connectivity index (χ0v) is 11.9. The van der Waals surface area contributed by atoms with E-state index in [9.17, 15) is 4.79 Å². The molecule has 1 heterocycles. The number of aromatic amines is 1. The van der Waals surface area contributed by atoms with E-state index < -0.39 is 0 Å². The van der Waals surface area contributed by atoms with Gasteiger partial charge < -0.3 is 5.32 Å². The number of aromatic nitrogens is 3. The third-order valence-corrected chi connectivity index (χ3v) is 3.95. The Morgan fingerprint density at radius 1 is 1.32 bits per heavy atom. The molecule has 1 aliphatic carbocycles. The van der Waals surface area contributed by atoms with Crippen LogP contribution in [0.2, 0.25) is 0 Å². The molecule has 1 aliphatic rings. The maximum Gasteiger partial charge on any atom is 0.291 e. The molecule has 1 amide bonds. The molecule has 0 aliphatic heterocycles. The standard InChI is InChI=1S/C14H24N4O/c1-3-5-10-6-8-11(9-7-10)15-14(19)13-16-12(4-2)17-18-13/h10-11H,3-9H2,1-2H3,(H,15,19)(H,16,17,18). The van der Waals surface area contributed by atoms with Gasteiger partial charge in [0.1, 0.15) is 5.82 Å². The fraction of sp³-hybridized carbons (Fsp3) is 0.786. The van der Waals surface area contributed by atoms with Gasteiger partial charge in [0, 0.05) is 12.5 Å². The van der Waals surface area contributed by atoms with Gasteiger partial charge in [-0.25, -0.2) is 4.98 Å². The lowest BCUT2D eigenvalue weighted by Crippen LogP contribution is -2.38. The van der Waals surface area contributed by atoms with Crippen LogP contribution in [0.4, 0.5) is 0 Å². The molecule has 2 rings (SSSR count). The van der Waals surface area contributed by atoms with Gasteiger partial charge >= 0.3 is 0 Å². The van der Waals surface area contributed by atoms with E-state index in [4.69, 9.17) is 0 Å². The second-order valence-electron chi connectivity index (χ2n) is 5.44. The normalized spacial score (nSPS) is 23.3. The summed E-state index contributed by atoms with van der Waals surface area (Å²) in [5.41, 5.74) is 0. The molecule has 0 unspecified atom stereocenters. The number of hydrogen-bond acceptors (Lipinski definition) is 3. The Kier molecular flexibility index (Phi) is 4.93. The van der Waals surface area contributed by atoms with Crippen LogP contribution >= 0.6 is 0 Å². The zero-order valence-electron chi connectivity index (χ0n) is 11.9. The Balaban J connectivity index is 1.80. The molecule has 2 N–H and O–H groups in total. The Labute approximate surface area is 114 Å². The summed E-state index contributed by atoms with van der Waals surface area (Å²) in [4.78, 5) is 16.2. The van der Waals surface area contributed by atoms with Crippen LogP contribution in [0.5, 0.6) is 0 Å². The first-order valence-electron chi connectivity index (χ1n) is 7.45. The van der Waals surface area contributed by atoms with Crippen molar-refractivity contribution in [2.24, 2.45) is 5.92 Å². The molecule has 5 nitrogen and oxygen atoms in total. The molecule has 1 fully saturated rings. The molecule has 0 saturated heterocycles. The van der Waals surface area contributed by atoms with Crippen molar-refractivity contribution >= 4 is 5.91 Å². The van der Waals surface area contributed by atoms with E-state index in [1.54, 1.807) is 0 Å². The van der Waals surface area contributed by atoms with Crippen molar-refractivity contribution in [3.8, 4) is 0 Å². The van der Waals surface area contributed by atoms with Gasteiger partial charge in [-0.3, -0.25) is 9.89 Å². The van der Waals surface area contributed by atoms with E-state index in [2.05, 4.69) is 27.4 Å². The van der Waals surface area contributed by atoms with E-state index in [1.807, 2.05) is 6.92 Å². The molecule has 0 bridgehead atoms. The van der Waals surface area contributed by atoms with E-state index in [-0.39, 0.29) is 11.7 Å². The highest BCUT2D eigenvalue weighted by atomic mass is 16.2. The van der Waals surface area contributed by atoms with E-state index in [0.717, 1.165) is 31.0 Å². The quantitative estimate of drug-likeness (QED) is 0.858. The molecular formula is C14H24N4O. The van der Waals surface area contributed by atoms with Gasteiger partial charge in [-0.05, 0) is 31.6 Å². The van der Waals surface area contributed by atoms with Gasteiger partial charge in [-0.15, -0.1) is 5.10 Å². The number of nitrogens with one attached hydrogen (secondary N) is 2. The molecule has 106 valence electrons. The summed E-state index contributed by atoms with van der Waals surface area (Å²) in [6.07, 6.45) is 7.98. The summed E-state index contributed by atoms with van der Waals surface area (Å²) < 4.78 is 0. The fourth-order valence-electron chi connectivity index (χ4n) is 2.81. The molecule has 5 heteroatoms. The lowest BCUT2D eigenvalue weighted by molar-refractivity contribution is 0.0911. The molecule has 1 aromatic rings. The van der Waals surface area contributed by atoms with Crippen molar-refractivity contribution in [2.75, 3.05) is 0 Å². The molecule has 0 spiro atoms. The minimum absolute atomic E-state index is 0.144. The van der Waals surface area contributed by atoms with Crippen molar-refractivity contribution < 1.29 is 4.79 Å². The first kappa shape index (κ1) is 14.0. The monoisotopic (exact) mass is 264 g/mol. The highest BCUT2D eigenvalue weighted by Gasteiger charge is 2.23. The zero-order chi connectivity index (χ0) is 13.7. The van der Waals surface area contributed by atoms with Crippen LogP contribution in [0.3, 0.4) is 0 Å². The van der Waals surface area contributed by atoms with Crippen LogP contribution in [0, 0.1) is 5.92 Å². The summed E-state index contributed by atoms with van der Waals surface area (Å²) >= 11 is 0. The fourth-order valence-corrected chi connectivity index (χ4v) is 2.81. The Hall–Kier alpha value is -1.39. The second kappa shape index (κ2) is 6.68. The van der Waals surface area contributed by atoms with Gasteiger partial charge in [-0.2, -0.15) is 0 Å². The maximum absolute atomic E-state index is 12.0. The van der Waals surface area contributed by atoms with Crippen LogP contribution in [0.25, 0.3) is 0 Å². The van der Waals surface area contributed by atoms with Gasteiger partial charge in [0.25, 0.3) is 5.91 Å². The van der Waals surface area contributed by atoms with Crippen LogP contribution in [-0.4, -0.2) is 27.1 Å². The Morgan fingerprint density at radius 2 is 2.05 bits per heavy atom. The van der Waals surface area contributed by atoms with Crippen molar-refractivity contribution in [3.63, 3.8) is 0 Å². The average molecular weight is 264 g/mol. The lowest BCUT2D eigenvalue weighted by atomic mass is 9.83. The lowest BCUT2D eigenvalue weighted by Gasteiger charge is -2.28. The van der Waals surface area contributed by atoms with Crippen LogP contribution in [0.15, 0.2) is 0 Å². The SMILES string of the molecule is CCCC1CCC(NC(=O)c2n[nH]c(CC)n2)CC1. The summed E-state index contributed by atoms with van der Waals surface area (Å²) in [6, 6.07) is 0.296. The first-order valence-corrected chi connectivity index (χ1v) is 7.45. The van der Waals surface area contributed by atoms with Gasteiger partial charge in [0.2, 0.25) is 5.82 Å². The second-order valence-corrected chi connectivity index (χ2v) is 5.44. The number of aryl methyl sites for hydroxylation is 1. The molecule has 0 atom stereocenters. The Morgan fingerprint density at radius 3 is 2.63 bits per heavy atom. The number of carbonyl (C=O) groups is 1.